The third kappa shape index (κ3) is 8.95. The van der Waals surface area contributed by atoms with E-state index in [9.17, 15) is 29.3 Å². The minimum Gasteiger partial charge on any atom is -0.497 e. The highest BCUT2D eigenvalue weighted by Gasteiger charge is 2.52. The predicted octanol–water partition coefficient (Wildman–Crippen LogP) is 3.61. The van der Waals surface area contributed by atoms with Crippen molar-refractivity contribution >= 4 is 41.2 Å². The van der Waals surface area contributed by atoms with Gasteiger partial charge >= 0.3 is 11.9 Å². The number of carbonyl (C=O) groups is 4. The zero-order valence-corrected chi connectivity index (χ0v) is 25.2. The maximum atomic E-state index is 13.4. The summed E-state index contributed by atoms with van der Waals surface area (Å²) in [6.45, 7) is 6.32. The second-order valence-electron chi connectivity index (χ2n) is 9.76. The van der Waals surface area contributed by atoms with Crippen LogP contribution in [0.3, 0.4) is 0 Å². The Labute approximate surface area is 252 Å². The fourth-order valence-corrected chi connectivity index (χ4v) is 5.22. The van der Waals surface area contributed by atoms with E-state index in [1.165, 1.54) is 48.0 Å². The first kappa shape index (κ1) is 32.9. The lowest BCUT2D eigenvalue weighted by molar-refractivity contribution is -0.384. The van der Waals surface area contributed by atoms with Gasteiger partial charge in [-0.2, -0.15) is 0 Å². The van der Waals surface area contributed by atoms with Crippen LogP contribution in [0.5, 0.6) is 17.2 Å². The van der Waals surface area contributed by atoms with Crippen molar-refractivity contribution in [3.63, 3.8) is 0 Å². The summed E-state index contributed by atoms with van der Waals surface area (Å²) in [6, 6.07) is 10.5. The number of carbonyl (C=O) groups excluding carboxylic acids is 4. The fourth-order valence-electron chi connectivity index (χ4n) is 3.96. The minimum absolute atomic E-state index is 0.00991. The molecule has 1 saturated heterocycles. The van der Waals surface area contributed by atoms with Gasteiger partial charge in [-0.05, 0) is 69.7 Å². The van der Waals surface area contributed by atoms with E-state index in [4.69, 9.17) is 18.9 Å². The Bertz CT molecular complexity index is 1370. The summed E-state index contributed by atoms with van der Waals surface area (Å²) < 4.78 is 21.2. The molecular formula is C29H33N3O10S. The zero-order valence-electron chi connectivity index (χ0n) is 24.4. The van der Waals surface area contributed by atoms with Gasteiger partial charge in [-0.1, -0.05) is 0 Å². The molecule has 1 aliphatic heterocycles. The van der Waals surface area contributed by atoms with Crippen LogP contribution < -0.4 is 19.5 Å². The number of thioether (sulfide) groups is 1. The number of rotatable bonds is 14. The Kier molecular flexibility index (Phi) is 11.5. The number of non-ortho nitro benzene ring substituents is 1. The van der Waals surface area contributed by atoms with Gasteiger partial charge in [0.15, 0.2) is 6.61 Å². The molecule has 0 radical (unpaired) electrons. The molecule has 0 aliphatic carbocycles. The molecule has 2 aromatic carbocycles. The van der Waals surface area contributed by atoms with E-state index < -0.39 is 46.7 Å². The van der Waals surface area contributed by atoms with Crippen LogP contribution >= 0.6 is 11.8 Å². The van der Waals surface area contributed by atoms with E-state index in [-0.39, 0.29) is 41.2 Å². The predicted molar refractivity (Wildman–Crippen MR) is 156 cm³/mol. The number of nitro benzene ring substituents is 1. The number of hydrogen-bond acceptors (Lipinski definition) is 11. The van der Waals surface area contributed by atoms with Gasteiger partial charge in [0.1, 0.15) is 34.4 Å². The highest BCUT2D eigenvalue weighted by atomic mass is 32.2. The van der Waals surface area contributed by atoms with Crippen LogP contribution in [0.15, 0.2) is 59.8 Å². The summed E-state index contributed by atoms with van der Waals surface area (Å²) in [7, 11) is 1.51. The van der Waals surface area contributed by atoms with Gasteiger partial charge in [-0.25, -0.2) is 4.79 Å². The number of likely N-dealkylation sites (tertiary alicyclic amines) is 1. The molecule has 1 N–H and O–H groups in total. The van der Waals surface area contributed by atoms with Crippen molar-refractivity contribution in [2.45, 2.75) is 51.6 Å². The monoisotopic (exact) mass is 615 g/mol. The largest absolute Gasteiger partial charge is 0.497 e. The van der Waals surface area contributed by atoms with Crippen LogP contribution in [0.25, 0.3) is 0 Å². The first-order valence-corrected chi connectivity index (χ1v) is 14.3. The molecule has 43 heavy (non-hydrogen) atoms. The van der Waals surface area contributed by atoms with Crippen LogP contribution in [0.1, 0.15) is 34.1 Å². The lowest BCUT2D eigenvalue weighted by Crippen LogP contribution is -2.70. The molecular weight excluding hydrogens is 582 g/mol. The molecule has 230 valence electrons. The third-order valence-electron chi connectivity index (χ3n) is 5.92. The topological polar surface area (TPSA) is 164 Å². The molecule has 2 aromatic rings. The number of hydrogen-bond donors (Lipinski definition) is 1. The Balaban J connectivity index is 1.73. The van der Waals surface area contributed by atoms with E-state index in [2.05, 4.69) is 5.32 Å². The van der Waals surface area contributed by atoms with Crippen LogP contribution in [-0.2, 0) is 23.9 Å². The van der Waals surface area contributed by atoms with Crippen LogP contribution in [0.4, 0.5) is 5.69 Å². The quantitative estimate of drug-likeness (QED) is 0.0825. The zero-order chi connectivity index (χ0) is 31.7. The SMILES string of the molecule is COc1ccc(OC(=O)C(=C(C)C)N2C(=O)C(NC(=O)COc3ccc([N+](=O)[O-])cc3)C2SCCC(=O)OC(C)C)cc1. The van der Waals surface area contributed by atoms with Crippen LogP contribution in [-0.4, -0.2) is 70.6 Å². The van der Waals surface area contributed by atoms with Crippen molar-refractivity contribution in [3.05, 3.63) is 69.9 Å². The van der Waals surface area contributed by atoms with Crippen molar-refractivity contribution in [1.29, 1.82) is 0 Å². The summed E-state index contributed by atoms with van der Waals surface area (Å²) in [5.74, 6) is -1.07. The average molecular weight is 616 g/mol. The van der Waals surface area contributed by atoms with Crippen molar-refractivity contribution in [3.8, 4) is 17.2 Å². The molecule has 0 aromatic heterocycles. The molecule has 2 atom stereocenters. The second-order valence-corrected chi connectivity index (χ2v) is 11.0. The number of nitro groups is 1. The Morgan fingerprint density at radius 2 is 1.63 bits per heavy atom. The second kappa shape index (κ2) is 15.0. The maximum Gasteiger partial charge on any atom is 0.360 e. The molecule has 3 rings (SSSR count). The molecule has 1 fully saturated rings. The molecule has 1 heterocycles. The first-order valence-electron chi connectivity index (χ1n) is 13.3. The highest BCUT2D eigenvalue weighted by Crippen LogP contribution is 2.36. The molecule has 0 saturated carbocycles. The van der Waals surface area contributed by atoms with E-state index >= 15 is 0 Å². The Morgan fingerprint density at radius 1 is 1.02 bits per heavy atom. The third-order valence-corrected chi connectivity index (χ3v) is 7.18. The van der Waals surface area contributed by atoms with Crippen molar-refractivity contribution < 1.29 is 43.0 Å². The lowest BCUT2D eigenvalue weighted by Gasteiger charge is -2.47. The van der Waals surface area contributed by atoms with Crippen molar-refractivity contribution in [1.82, 2.24) is 10.2 Å². The molecule has 0 spiro atoms. The number of nitrogens with one attached hydrogen (secondary N) is 1. The normalized spacial score (nSPS) is 15.7. The lowest BCUT2D eigenvalue weighted by atomic mass is 10.0. The Hall–Kier alpha value is -4.59. The molecule has 13 nitrogen and oxygen atoms in total. The average Bonchev–Trinajstić information content (AvgIpc) is 2.96. The highest BCUT2D eigenvalue weighted by molar-refractivity contribution is 8.00. The minimum atomic E-state index is -1.03. The van der Waals surface area contributed by atoms with Crippen LogP contribution in [0, 0.1) is 10.1 Å². The number of esters is 2. The summed E-state index contributed by atoms with van der Waals surface area (Å²) in [6.07, 6.45) is -0.238. The number of ether oxygens (including phenoxy) is 4. The molecule has 0 bridgehead atoms. The number of amides is 2. The van der Waals surface area contributed by atoms with E-state index in [1.807, 2.05) is 0 Å². The van der Waals surface area contributed by atoms with E-state index in [0.717, 1.165) is 0 Å². The van der Waals surface area contributed by atoms with Crippen molar-refractivity contribution in [2.75, 3.05) is 19.5 Å². The van der Waals surface area contributed by atoms with E-state index in [0.29, 0.717) is 11.3 Å². The van der Waals surface area contributed by atoms with Crippen molar-refractivity contribution in [2.24, 2.45) is 0 Å². The van der Waals surface area contributed by atoms with Gasteiger partial charge in [0, 0.05) is 17.9 Å². The van der Waals surface area contributed by atoms with Gasteiger partial charge in [0.05, 0.1) is 24.6 Å². The number of benzene rings is 2. The van der Waals surface area contributed by atoms with Gasteiger partial charge < -0.3 is 24.3 Å². The molecule has 2 amide bonds. The Morgan fingerprint density at radius 3 is 2.19 bits per heavy atom. The smallest absolute Gasteiger partial charge is 0.360 e. The maximum absolute atomic E-state index is 13.4. The standard InChI is InChI=1S/C29H33N3O10S/c1-17(2)26(29(36)42-22-12-10-20(39-5)11-13-22)31-27(35)25(28(31)43-15-14-24(34)41-18(3)4)30-23(33)16-40-21-8-6-19(7-9-21)32(37)38/h6-13,18,25,28H,14-16H2,1-5H3,(H,30,33). The summed E-state index contributed by atoms with van der Waals surface area (Å²) in [5, 5.41) is 12.7. The number of methoxy groups -OCH3 is 1. The summed E-state index contributed by atoms with van der Waals surface area (Å²) in [5.41, 5.74) is 0.383. The van der Waals surface area contributed by atoms with Crippen LogP contribution in [0.2, 0.25) is 0 Å². The van der Waals surface area contributed by atoms with Gasteiger partial charge in [-0.3, -0.25) is 29.4 Å². The molecule has 1 aliphatic rings. The van der Waals surface area contributed by atoms with Gasteiger partial charge in [0.2, 0.25) is 0 Å². The van der Waals surface area contributed by atoms with Gasteiger partial charge in [0.25, 0.3) is 17.5 Å². The fraction of sp³-hybridized carbons (Fsp3) is 0.379. The number of allylic oxidation sites excluding steroid dienone is 1. The van der Waals surface area contributed by atoms with E-state index in [1.54, 1.807) is 52.0 Å². The molecule has 2 unspecified atom stereocenters. The molecule has 14 heteroatoms. The number of β-lactam (4-membered cyclic amide) rings is 1. The summed E-state index contributed by atoms with van der Waals surface area (Å²) in [4.78, 5) is 62.9. The number of nitrogens with zero attached hydrogens (tertiary/aromatic N) is 2. The first-order chi connectivity index (χ1) is 20.4. The summed E-state index contributed by atoms with van der Waals surface area (Å²) >= 11 is 1.20. The van der Waals surface area contributed by atoms with Gasteiger partial charge in [-0.15, -0.1) is 11.8 Å².